The van der Waals surface area contributed by atoms with Crippen molar-refractivity contribution in [1.82, 2.24) is 9.97 Å². The third-order valence-electron chi connectivity index (χ3n) is 3.51. The maximum Gasteiger partial charge on any atom is 0.258 e. The van der Waals surface area contributed by atoms with Crippen molar-refractivity contribution in [2.45, 2.75) is 13.8 Å². The van der Waals surface area contributed by atoms with Crippen LogP contribution in [0.25, 0.3) is 0 Å². The normalized spacial score (nSPS) is 10.4. The number of carbonyl (C=O) groups excluding carboxylic acids is 1. The van der Waals surface area contributed by atoms with Gasteiger partial charge in [0.05, 0.1) is 26.9 Å². The predicted molar refractivity (Wildman–Crippen MR) is 99.4 cm³/mol. The summed E-state index contributed by atoms with van der Waals surface area (Å²) in [5.41, 5.74) is 0.848. The third kappa shape index (κ3) is 4.75. The molecule has 0 unspecified atom stereocenters. The van der Waals surface area contributed by atoms with Crippen LogP contribution in [0.3, 0.4) is 0 Å². The van der Waals surface area contributed by atoms with Crippen LogP contribution in [-0.4, -0.2) is 43.7 Å². The van der Waals surface area contributed by atoms with Crippen molar-refractivity contribution < 1.29 is 19.0 Å². The van der Waals surface area contributed by atoms with Gasteiger partial charge in [-0.3, -0.25) is 4.79 Å². The highest BCUT2D eigenvalue weighted by Gasteiger charge is 2.15. The molecule has 0 bridgehead atoms. The Morgan fingerprint density at radius 3 is 2.08 bits per heavy atom. The molecule has 2 rings (SSSR count). The molecule has 0 fully saturated rings. The van der Waals surface area contributed by atoms with Gasteiger partial charge in [0.25, 0.3) is 5.91 Å². The predicted octanol–water partition coefficient (Wildman–Crippen LogP) is 2.82. The summed E-state index contributed by atoms with van der Waals surface area (Å²) in [6.45, 7) is 4.94. The van der Waals surface area contributed by atoms with Gasteiger partial charge in [-0.05, 0) is 5.92 Å². The lowest BCUT2D eigenvalue weighted by molar-refractivity contribution is 0.102. The Morgan fingerprint density at radius 1 is 1.04 bits per heavy atom. The van der Waals surface area contributed by atoms with Gasteiger partial charge < -0.3 is 24.8 Å². The molecule has 2 N–H and O–H groups in total. The Labute approximate surface area is 152 Å². The zero-order valence-electron chi connectivity index (χ0n) is 15.6. The Bertz CT molecular complexity index is 722. The first-order valence-corrected chi connectivity index (χ1v) is 8.15. The molecule has 0 saturated carbocycles. The number of aromatic nitrogens is 2. The second kappa shape index (κ2) is 8.89. The Morgan fingerprint density at radius 2 is 1.62 bits per heavy atom. The van der Waals surface area contributed by atoms with Crippen LogP contribution >= 0.6 is 0 Å². The highest BCUT2D eigenvalue weighted by molar-refractivity contribution is 6.04. The van der Waals surface area contributed by atoms with E-state index in [1.54, 1.807) is 12.1 Å². The first-order valence-electron chi connectivity index (χ1n) is 8.15. The first kappa shape index (κ1) is 19.3. The fourth-order valence-electron chi connectivity index (χ4n) is 2.19. The lowest BCUT2D eigenvalue weighted by Gasteiger charge is -2.14. The first-order chi connectivity index (χ1) is 12.5. The molecule has 8 nitrogen and oxygen atoms in total. The van der Waals surface area contributed by atoms with E-state index in [4.69, 9.17) is 14.2 Å². The van der Waals surface area contributed by atoms with E-state index in [0.29, 0.717) is 40.4 Å². The second-order valence-electron chi connectivity index (χ2n) is 5.94. The number of hydrogen-bond acceptors (Lipinski definition) is 7. The van der Waals surface area contributed by atoms with E-state index in [2.05, 4.69) is 34.4 Å². The highest BCUT2D eigenvalue weighted by atomic mass is 16.5. The summed E-state index contributed by atoms with van der Waals surface area (Å²) < 4.78 is 15.8. The Balaban J connectivity index is 2.14. The van der Waals surface area contributed by atoms with E-state index in [1.807, 2.05) is 0 Å². The Kier molecular flexibility index (Phi) is 6.60. The van der Waals surface area contributed by atoms with Crippen molar-refractivity contribution in [3.8, 4) is 17.2 Å². The topological polar surface area (TPSA) is 94.6 Å². The van der Waals surface area contributed by atoms with Gasteiger partial charge >= 0.3 is 0 Å². The molecule has 1 aromatic carbocycles. The van der Waals surface area contributed by atoms with Gasteiger partial charge in [0, 0.05) is 36.8 Å². The van der Waals surface area contributed by atoms with Gasteiger partial charge in [0.2, 0.25) is 11.7 Å². The second-order valence-corrected chi connectivity index (χ2v) is 5.94. The maximum absolute atomic E-state index is 12.4. The molecule has 0 saturated heterocycles. The molecular weight excluding hydrogens is 336 g/mol. The summed E-state index contributed by atoms with van der Waals surface area (Å²) in [5, 5.41) is 5.88. The minimum Gasteiger partial charge on any atom is -0.493 e. The minimum atomic E-state index is -0.338. The van der Waals surface area contributed by atoms with E-state index in [9.17, 15) is 4.79 Å². The zero-order chi connectivity index (χ0) is 19.1. The van der Waals surface area contributed by atoms with Crippen LogP contribution in [0.5, 0.6) is 17.2 Å². The molecule has 0 aliphatic carbocycles. The van der Waals surface area contributed by atoms with Crippen LogP contribution < -0.4 is 24.8 Å². The van der Waals surface area contributed by atoms with Crippen LogP contribution in [-0.2, 0) is 0 Å². The molecule has 0 atom stereocenters. The van der Waals surface area contributed by atoms with E-state index >= 15 is 0 Å². The zero-order valence-corrected chi connectivity index (χ0v) is 15.6. The largest absolute Gasteiger partial charge is 0.493 e. The molecule has 0 aliphatic rings. The molecule has 1 amide bonds. The highest BCUT2D eigenvalue weighted by Crippen LogP contribution is 2.39. The lowest BCUT2D eigenvalue weighted by Crippen LogP contribution is -2.15. The molecule has 26 heavy (non-hydrogen) atoms. The summed E-state index contributed by atoms with van der Waals surface area (Å²) in [5.74, 6) is 1.98. The molecule has 140 valence electrons. The number of nitrogens with zero attached hydrogens (tertiary/aromatic N) is 2. The van der Waals surface area contributed by atoms with E-state index < -0.39 is 0 Å². The van der Waals surface area contributed by atoms with Gasteiger partial charge in [-0.25, -0.2) is 9.97 Å². The van der Waals surface area contributed by atoms with E-state index in [1.165, 1.54) is 33.7 Å². The van der Waals surface area contributed by atoms with Crippen LogP contribution in [0.1, 0.15) is 24.2 Å². The third-order valence-corrected chi connectivity index (χ3v) is 3.51. The molecule has 0 aliphatic heterocycles. The van der Waals surface area contributed by atoms with E-state index in [-0.39, 0.29) is 5.91 Å². The molecule has 0 spiro atoms. The average molecular weight is 360 g/mol. The fraction of sp³-hybridized carbons (Fsp3) is 0.389. The number of benzene rings is 1. The molecule has 8 heteroatoms. The number of methoxy groups -OCH3 is 3. The van der Waals surface area contributed by atoms with Crippen molar-refractivity contribution in [3.05, 3.63) is 30.1 Å². The van der Waals surface area contributed by atoms with Crippen molar-refractivity contribution in [3.63, 3.8) is 0 Å². The number of carbonyl (C=O) groups is 1. The lowest BCUT2D eigenvalue weighted by atomic mass is 10.2. The summed E-state index contributed by atoms with van der Waals surface area (Å²) in [6, 6.07) is 3.30. The van der Waals surface area contributed by atoms with Crippen LogP contribution in [0.2, 0.25) is 0 Å². The summed E-state index contributed by atoms with van der Waals surface area (Å²) in [7, 11) is 4.55. The summed E-state index contributed by atoms with van der Waals surface area (Å²) in [4.78, 5) is 20.7. The maximum atomic E-state index is 12.4. The van der Waals surface area contributed by atoms with Gasteiger partial charge in [-0.1, -0.05) is 13.8 Å². The molecular formula is C18H24N4O4. The van der Waals surface area contributed by atoms with Crippen LogP contribution in [0.4, 0.5) is 11.6 Å². The SMILES string of the molecule is COc1cc(NC(=O)c2cnc(NCC(C)C)nc2)cc(OC)c1OC. The average Bonchev–Trinajstić information content (AvgIpc) is 2.65. The van der Waals surface area contributed by atoms with Gasteiger partial charge in [0.15, 0.2) is 11.5 Å². The Hall–Kier alpha value is -3.03. The van der Waals surface area contributed by atoms with Crippen molar-refractivity contribution in [2.24, 2.45) is 5.92 Å². The van der Waals surface area contributed by atoms with Gasteiger partial charge in [-0.2, -0.15) is 0 Å². The molecule has 1 aromatic heterocycles. The number of amides is 1. The molecule has 2 aromatic rings. The smallest absolute Gasteiger partial charge is 0.258 e. The van der Waals surface area contributed by atoms with Gasteiger partial charge in [0.1, 0.15) is 0 Å². The van der Waals surface area contributed by atoms with Crippen LogP contribution in [0, 0.1) is 5.92 Å². The van der Waals surface area contributed by atoms with Crippen molar-refractivity contribution in [2.75, 3.05) is 38.5 Å². The summed E-state index contributed by atoms with van der Waals surface area (Å²) >= 11 is 0. The fourth-order valence-corrected chi connectivity index (χ4v) is 2.19. The summed E-state index contributed by atoms with van der Waals surface area (Å²) in [6.07, 6.45) is 2.95. The standard InChI is InChI=1S/C18H24N4O4/c1-11(2)8-19-18-20-9-12(10-21-18)17(23)22-13-6-14(24-3)16(26-5)15(7-13)25-4/h6-7,9-11H,8H2,1-5H3,(H,22,23)(H,19,20,21). The van der Waals surface area contributed by atoms with E-state index in [0.717, 1.165) is 6.54 Å². The number of rotatable bonds is 8. The number of nitrogens with one attached hydrogen (secondary N) is 2. The molecule has 0 radical (unpaired) electrons. The van der Waals surface area contributed by atoms with Crippen molar-refractivity contribution >= 4 is 17.5 Å². The van der Waals surface area contributed by atoms with Crippen LogP contribution in [0.15, 0.2) is 24.5 Å². The molecule has 1 heterocycles. The van der Waals surface area contributed by atoms with Gasteiger partial charge in [-0.15, -0.1) is 0 Å². The minimum absolute atomic E-state index is 0.338. The number of anilines is 2. The quantitative estimate of drug-likeness (QED) is 0.747. The number of hydrogen-bond donors (Lipinski definition) is 2. The number of ether oxygens (including phenoxy) is 3. The van der Waals surface area contributed by atoms with Crippen molar-refractivity contribution in [1.29, 1.82) is 0 Å². The monoisotopic (exact) mass is 360 g/mol.